The predicted octanol–water partition coefficient (Wildman–Crippen LogP) is 2.88. The Morgan fingerprint density at radius 1 is 1.33 bits per heavy atom. The van der Waals surface area contributed by atoms with E-state index in [1.165, 1.54) is 12.1 Å². The first-order valence-corrected chi connectivity index (χ1v) is 5.54. The van der Waals surface area contributed by atoms with Crippen LogP contribution in [0.25, 0.3) is 0 Å². The van der Waals surface area contributed by atoms with Gasteiger partial charge < -0.3 is 5.32 Å². The topological polar surface area (TPSA) is 29.1 Å². The Hall–Kier alpha value is -1.59. The van der Waals surface area contributed by atoms with Gasteiger partial charge in [0.1, 0.15) is 5.82 Å². The fraction of sp³-hybridized carbons (Fsp3) is 0.417. The normalized spacial score (nSPS) is 19.2. The minimum Gasteiger partial charge on any atom is -0.341 e. The molecule has 2 rings (SSSR count). The minimum atomic E-state index is -4.91. The fourth-order valence-corrected chi connectivity index (χ4v) is 2.16. The lowest BCUT2D eigenvalue weighted by Gasteiger charge is -2.26. The molecule has 1 aliphatic rings. The molecule has 18 heavy (non-hydrogen) atoms. The molecule has 0 heterocycles. The van der Waals surface area contributed by atoms with E-state index in [-0.39, 0.29) is 0 Å². The van der Waals surface area contributed by atoms with Crippen LogP contribution in [0.3, 0.4) is 0 Å². The Balaban J connectivity index is 2.22. The highest BCUT2D eigenvalue weighted by molar-refractivity contribution is 5.82. The molecule has 1 atom stereocenters. The average Bonchev–Trinajstić information content (AvgIpc) is 2.28. The lowest BCUT2D eigenvalue weighted by molar-refractivity contribution is -0.174. The molecule has 1 unspecified atom stereocenters. The van der Waals surface area contributed by atoms with Crippen LogP contribution in [0.1, 0.15) is 30.0 Å². The SMILES string of the molecule is O=C(NC1CCCc2ccc(F)cc21)C(F)(F)F. The van der Waals surface area contributed by atoms with Crippen molar-refractivity contribution in [3.8, 4) is 0 Å². The minimum absolute atomic E-state index is 0.387. The van der Waals surface area contributed by atoms with Gasteiger partial charge in [0.25, 0.3) is 0 Å². The number of nitrogens with one attached hydrogen (secondary N) is 1. The summed E-state index contributed by atoms with van der Waals surface area (Å²) in [6.07, 6.45) is -3.17. The molecule has 1 aromatic rings. The number of aryl methyl sites for hydroxylation is 1. The number of carbonyl (C=O) groups excluding carboxylic acids is 1. The number of hydrogen-bond acceptors (Lipinski definition) is 1. The number of halogens is 4. The van der Waals surface area contributed by atoms with Crippen molar-refractivity contribution in [2.45, 2.75) is 31.5 Å². The van der Waals surface area contributed by atoms with E-state index in [0.717, 1.165) is 5.56 Å². The Morgan fingerprint density at radius 2 is 2.06 bits per heavy atom. The van der Waals surface area contributed by atoms with Crippen LogP contribution < -0.4 is 5.32 Å². The zero-order chi connectivity index (χ0) is 13.3. The van der Waals surface area contributed by atoms with Gasteiger partial charge in [-0.2, -0.15) is 13.2 Å². The number of fused-ring (bicyclic) bond motifs is 1. The zero-order valence-corrected chi connectivity index (χ0v) is 9.35. The van der Waals surface area contributed by atoms with Crippen LogP contribution >= 0.6 is 0 Å². The van der Waals surface area contributed by atoms with Crippen LogP contribution in [0.4, 0.5) is 17.6 Å². The van der Waals surface area contributed by atoms with Gasteiger partial charge in [-0.25, -0.2) is 4.39 Å². The molecule has 0 radical (unpaired) electrons. The molecule has 1 N–H and O–H groups in total. The molecule has 0 saturated carbocycles. The lowest BCUT2D eigenvalue weighted by atomic mass is 9.87. The summed E-state index contributed by atoms with van der Waals surface area (Å²) in [4.78, 5) is 10.9. The van der Waals surface area contributed by atoms with E-state index in [9.17, 15) is 22.4 Å². The average molecular weight is 261 g/mol. The quantitative estimate of drug-likeness (QED) is 0.774. The van der Waals surface area contributed by atoms with Crippen molar-refractivity contribution < 1.29 is 22.4 Å². The van der Waals surface area contributed by atoms with Gasteiger partial charge in [0.05, 0.1) is 6.04 Å². The molecule has 1 aromatic carbocycles. The van der Waals surface area contributed by atoms with Crippen LogP contribution in [0, 0.1) is 5.82 Å². The van der Waals surface area contributed by atoms with Crippen LogP contribution in [0.15, 0.2) is 18.2 Å². The Kier molecular flexibility index (Phi) is 3.28. The second-order valence-corrected chi connectivity index (χ2v) is 4.26. The summed E-state index contributed by atoms with van der Waals surface area (Å²) in [5.74, 6) is -2.49. The van der Waals surface area contributed by atoms with Crippen molar-refractivity contribution in [2.24, 2.45) is 0 Å². The molecule has 0 bridgehead atoms. The Labute approximate surface area is 101 Å². The zero-order valence-electron chi connectivity index (χ0n) is 9.35. The van der Waals surface area contributed by atoms with E-state index in [1.807, 2.05) is 5.32 Å². The maximum atomic E-state index is 13.1. The van der Waals surface area contributed by atoms with Crippen molar-refractivity contribution >= 4 is 5.91 Å². The van der Waals surface area contributed by atoms with Crippen molar-refractivity contribution in [3.63, 3.8) is 0 Å². The van der Waals surface area contributed by atoms with Gasteiger partial charge in [0.15, 0.2) is 0 Å². The largest absolute Gasteiger partial charge is 0.471 e. The number of carbonyl (C=O) groups is 1. The van der Waals surface area contributed by atoms with E-state index in [1.54, 1.807) is 6.07 Å². The van der Waals surface area contributed by atoms with Gasteiger partial charge in [-0.15, -0.1) is 0 Å². The maximum Gasteiger partial charge on any atom is 0.471 e. The lowest BCUT2D eigenvalue weighted by Crippen LogP contribution is -2.40. The molecule has 6 heteroatoms. The molecular weight excluding hydrogens is 250 g/mol. The number of benzene rings is 1. The highest BCUT2D eigenvalue weighted by Gasteiger charge is 2.40. The molecule has 98 valence electrons. The van der Waals surface area contributed by atoms with Crippen molar-refractivity contribution in [3.05, 3.63) is 35.1 Å². The summed E-state index contributed by atoms with van der Waals surface area (Å²) in [6, 6.07) is 3.25. The van der Waals surface area contributed by atoms with E-state index in [2.05, 4.69) is 0 Å². The third kappa shape index (κ3) is 2.63. The number of hydrogen-bond donors (Lipinski definition) is 1. The van der Waals surface area contributed by atoms with Crippen molar-refractivity contribution in [2.75, 3.05) is 0 Å². The summed E-state index contributed by atoms with van der Waals surface area (Å²) >= 11 is 0. The van der Waals surface area contributed by atoms with Gasteiger partial charge in [0.2, 0.25) is 0 Å². The second-order valence-electron chi connectivity index (χ2n) is 4.26. The molecule has 0 aliphatic heterocycles. The first kappa shape index (κ1) is 12.9. The van der Waals surface area contributed by atoms with Gasteiger partial charge >= 0.3 is 12.1 Å². The third-order valence-electron chi connectivity index (χ3n) is 2.99. The predicted molar refractivity (Wildman–Crippen MR) is 56.3 cm³/mol. The van der Waals surface area contributed by atoms with Crippen LogP contribution in [-0.4, -0.2) is 12.1 Å². The molecule has 1 amide bonds. The number of rotatable bonds is 1. The third-order valence-corrected chi connectivity index (χ3v) is 2.99. The van der Waals surface area contributed by atoms with Crippen molar-refractivity contribution in [1.29, 1.82) is 0 Å². The van der Waals surface area contributed by atoms with Gasteiger partial charge in [-0.05, 0) is 42.5 Å². The monoisotopic (exact) mass is 261 g/mol. The first-order valence-electron chi connectivity index (χ1n) is 5.54. The Bertz CT molecular complexity index is 470. The van der Waals surface area contributed by atoms with Gasteiger partial charge in [-0.1, -0.05) is 6.07 Å². The molecule has 0 spiro atoms. The van der Waals surface area contributed by atoms with Crippen LogP contribution in [-0.2, 0) is 11.2 Å². The molecule has 0 aromatic heterocycles. The van der Waals surface area contributed by atoms with E-state index < -0.39 is 23.9 Å². The maximum absolute atomic E-state index is 13.1. The summed E-state index contributed by atoms with van der Waals surface area (Å²) in [6.45, 7) is 0. The van der Waals surface area contributed by atoms with Gasteiger partial charge in [-0.3, -0.25) is 4.79 Å². The number of alkyl halides is 3. The molecular formula is C12H11F4NO. The molecule has 1 aliphatic carbocycles. The molecule has 0 saturated heterocycles. The van der Waals surface area contributed by atoms with E-state index in [0.29, 0.717) is 24.8 Å². The van der Waals surface area contributed by atoms with E-state index in [4.69, 9.17) is 0 Å². The summed E-state index contributed by atoms with van der Waals surface area (Å²) in [7, 11) is 0. The highest BCUT2D eigenvalue weighted by atomic mass is 19.4. The van der Waals surface area contributed by atoms with Gasteiger partial charge in [0, 0.05) is 0 Å². The number of amides is 1. The first-order chi connectivity index (χ1) is 8.38. The Morgan fingerprint density at radius 3 is 2.72 bits per heavy atom. The second kappa shape index (κ2) is 4.59. The standard InChI is InChI=1S/C12H11F4NO/c13-8-5-4-7-2-1-3-10(9(7)6-8)17-11(18)12(14,15)16/h4-6,10H,1-3H2,(H,17,18). The molecule has 2 nitrogen and oxygen atoms in total. The molecule has 0 fully saturated rings. The van der Waals surface area contributed by atoms with E-state index >= 15 is 0 Å². The van der Waals surface area contributed by atoms with Crippen molar-refractivity contribution in [1.82, 2.24) is 5.32 Å². The van der Waals surface area contributed by atoms with Crippen LogP contribution in [0.2, 0.25) is 0 Å². The summed E-state index contributed by atoms with van der Waals surface area (Å²) in [5, 5.41) is 1.91. The highest BCUT2D eigenvalue weighted by Crippen LogP contribution is 2.31. The summed E-state index contributed by atoms with van der Waals surface area (Å²) < 4.78 is 49.6. The smallest absolute Gasteiger partial charge is 0.341 e. The fourth-order valence-electron chi connectivity index (χ4n) is 2.16. The van der Waals surface area contributed by atoms with Crippen LogP contribution in [0.5, 0.6) is 0 Å². The summed E-state index contributed by atoms with van der Waals surface area (Å²) in [5.41, 5.74) is 1.23.